The van der Waals surface area contributed by atoms with Gasteiger partial charge in [-0.05, 0) is 52.3 Å². The Morgan fingerprint density at radius 2 is 1.78 bits per heavy atom. The van der Waals surface area contributed by atoms with Crippen molar-refractivity contribution >= 4 is 23.1 Å². The number of anilines is 1. The van der Waals surface area contributed by atoms with E-state index < -0.39 is 0 Å². The highest BCUT2D eigenvalue weighted by Gasteiger charge is 2.19. The van der Waals surface area contributed by atoms with E-state index in [1.165, 1.54) is 6.20 Å². The Hall–Kier alpha value is -3.22. The largest absolute Gasteiger partial charge is 0.347 e. The number of nitrogens with one attached hydrogen (secondary N) is 2. The standard InChI is InChI=1S/C20H23N5O2/c1-12-14(19(27)24-20(3,4)5)7-6-8-16(12)23-18(26)15-11-21-17-9-10-22-25(17)13(15)2/h6-11H,1-5H3,(H,23,26)(H,24,27). The van der Waals surface area contributed by atoms with Gasteiger partial charge in [-0.25, -0.2) is 9.50 Å². The Bertz CT molecular complexity index is 1030. The van der Waals surface area contributed by atoms with Gasteiger partial charge < -0.3 is 10.6 Å². The van der Waals surface area contributed by atoms with E-state index in [1.54, 1.807) is 35.0 Å². The summed E-state index contributed by atoms with van der Waals surface area (Å²) >= 11 is 0. The predicted octanol–water partition coefficient (Wildman–Crippen LogP) is 3.13. The smallest absolute Gasteiger partial charge is 0.259 e. The van der Waals surface area contributed by atoms with E-state index in [2.05, 4.69) is 20.7 Å². The summed E-state index contributed by atoms with van der Waals surface area (Å²) in [4.78, 5) is 29.5. The number of aromatic nitrogens is 3. The number of rotatable bonds is 3. The average molecular weight is 365 g/mol. The van der Waals surface area contributed by atoms with Crippen molar-refractivity contribution in [2.45, 2.75) is 40.2 Å². The van der Waals surface area contributed by atoms with Gasteiger partial charge in [0.15, 0.2) is 5.65 Å². The highest BCUT2D eigenvalue weighted by molar-refractivity contribution is 6.06. The van der Waals surface area contributed by atoms with Crippen LogP contribution in [0.3, 0.4) is 0 Å². The summed E-state index contributed by atoms with van der Waals surface area (Å²) in [5, 5.41) is 10.0. The van der Waals surface area contributed by atoms with Gasteiger partial charge >= 0.3 is 0 Å². The van der Waals surface area contributed by atoms with Crippen LogP contribution in [-0.4, -0.2) is 32.0 Å². The number of hydrogen-bond acceptors (Lipinski definition) is 4. The summed E-state index contributed by atoms with van der Waals surface area (Å²) in [5.74, 6) is -0.471. The first kappa shape index (κ1) is 18.6. The van der Waals surface area contributed by atoms with E-state index in [0.717, 1.165) is 0 Å². The Morgan fingerprint density at radius 1 is 1.04 bits per heavy atom. The first-order valence-electron chi connectivity index (χ1n) is 8.70. The van der Waals surface area contributed by atoms with Crippen LogP contribution in [0.2, 0.25) is 0 Å². The molecule has 0 saturated carbocycles. The number of fused-ring (bicyclic) bond motifs is 1. The van der Waals surface area contributed by atoms with Crippen molar-refractivity contribution in [2.75, 3.05) is 5.32 Å². The molecule has 1 aromatic carbocycles. The van der Waals surface area contributed by atoms with Crippen LogP contribution in [0.5, 0.6) is 0 Å². The summed E-state index contributed by atoms with van der Waals surface area (Å²) < 4.78 is 1.62. The van der Waals surface area contributed by atoms with Gasteiger partial charge in [-0.2, -0.15) is 5.10 Å². The van der Waals surface area contributed by atoms with Crippen molar-refractivity contribution in [3.8, 4) is 0 Å². The highest BCUT2D eigenvalue weighted by Crippen LogP contribution is 2.21. The molecule has 7 nitrogen and oxygen atoms in total. The van der Waals surface area contributed by atoms with E-state index in [-0.39, 0.29) is 17.4 Å². The number of carbonyl (C=O) groups excluding carboxylic acids is 2. The first-order chi connectivity index (χ1) is 12.7. The highest BCUT2D eigenvalue weighted by atomic mass is 16.2. The van der Waals surface area contributed by atoms with E-state index in [4.69, 9.17) is 0 Å². The Kier molecular flexibility index (Phi) is 4.70. The van der Waals surface area contributed by atoms with Crippen LogP contribution in [0.4, 0.5) is 5.69 Å². The molecule has 3 aromatic rings. The molecule has 0 aliphatic carbocycles. The molecule has 0 unspecified atom stereocenters. The molecule has 0 spiro atoms. The lowest BCUT2D eigenvalue weighted by atomic mass is 10.0. The third-order valence-corrected chi connectivity index (χ3v) is 4.22. The Balaban J connectivity index is 1.89. The van der Waals surface area contributed by atoms with Crippen molar-refractivity contribution in [3.63, 3.8) is 0 Å². The molecular formula is C20H23N5O2. The molecule has 2 amide bonds. The zero-order valence-corrected chi connectivity index (χ0v) is 16.1. The molecule has 27 heavy (non-hydrogen) atoms. The molecule has 2 N–H and O–H groups in total. The molecule has 2 heterocycles. The fourth-order valence-corrected chi connectivity index (χ4v) is 2.83. The van der Waals surface area contributed by atoms with E-state index in [9.17, 15) is 9.59 Å². The lowest BCUT2D eigenvalue weighted by molar-refractivity contribution is 0.0917. The first-order valence-corrected chi connectivity index (χ1v) is 8.70. The van der Waals surface area contributed by atoms with Crippen LogP contribution in [0.15, 0.2) is 36.7 Å². The second-order valence-corrected chi connectivity index (χ2v) is 7.49. The number of nitrogens with zero attached hydrogens (tertiary/aromatic N) is 3. The van der Waals surface area contributed by atoms with E-state index in [1.807, 2.05) is 34.6 Å². The number of amides is 2. The maximum atomic E-state index is 12.8. The number of carbonyl (C=O) groups is 2. The molecule has 0 fully saturated rings. The quantitative estimate of drug-likeness (QED) is 0.746. The van der Waals surface area contributed by atoms with Gasteiger partial charge in [0.05, 0.1) is 17.5 Å². The molecule has 2 aromatic heterocycles. The normalized spacial score (nSPS) is 11.4. The minimum absolute atomic E-state index is 0.174. The van der Waals surface area contributed by atoms with Crippen LogP contribution in [0.1, 0.15) is 52.7 Å². The molecule has 0 saturated heterocycles. The summed E-state index contributed by atoms with van der Waals surface area (Å²) in [6.07, 6.45) is 3.17. The fourth-order valence-electron chi connectivity index (χ4n) is 2.83. The molecule has 0 bridgehead atoms. The van der Waals surface area contributed by atoms with Crippen molar-refractivity contribution in [3.05, 3.63) is 59.0 Å². The summed E-state index contributed by atoms with van der Waals surface area (Å²) in [5.41, 5.74) is 3.28. The Morgan fingerprint density at radius 3 is 2.48 bits per heavy atom. The molecule has 0 aliphatic rings. The number of benzene rings is 1. The molecule has 3 rings (SSSR count). The van der Waals surface area contributed by atoms with Crippen LogP contribution < -0.4 is 10.6 Å². The van der Waals surface area contributed by atoms with Crippen LogP contribution in [0, 0.1) is 13.8 Å². The van der Waals surface area contributed by atoms with Gasteiger partial charge in [0, 0.05) is 29.1 Å². The van der Waals surface area contributed by atoms with Crippen molar-refractivity contribution < 1.29 is 9.59 Å². The minimum Gasteiger partial charge on any atom is -0.347 e. The average Bonchev–Trinajstić information content (AvgIpc) is 3.05. The number of hydrogen-bond donors (Lipinski definition) is 2. The van der Waals surface area contributed by atoms with Crippen molar-refractivity contribution in [1.29, 1.82) is 0 Å². The maximum absolute atomic E-state index is 12.8. The fraction of sp³-hybridized carbons (Fsp3) is 0.300. The van der Waals surface area contributed by atoms with Gasteiger partial charge in [0.25, 0.3) is 11.8 Å². The minimum atomic E-state index is -0.343. The molecule has 0 aliphatic heterocycles. The molecular weight excluding hydrogens is 342 g/mol. The van der Waals surface area contributed by atoms with Gasteiger partial charge in [0.1, 0.15) is 0 Å². The summed E-state index contributed by atoms with van der Waals surface area (Å²) in [6.45, 7) is 9.40. The van der Waals surface area contributed by atoms with Gasteiger partial charge in [-0.1, -0.05) is 6.07 Å². The summed E-state index contributed by atoms with van der Waals surface area (Å²) in [7, 11) is 0. The monoisotopic (exact) mass is 365 g/mol. The topological polar surface area (TPSA) is 88.4 Å². The van der Waals surface area contributed by atoms with Gasteiger partial charge in [-0.3, -0.25) is 9.59 Å². The molecule has 140 valence electrons. The lowest BCUT2D eigenvalue weighted by Gasteiger charge is -2.21. The van der Waals surface area contributed by atoms with Gasteiger partial charge in [0.2, 0.25) is 0 Å². The predicted molar refractivity (Wildman–Crippen MR) is 104 cm³/mol. The zero-order valence-electron chi connectivity index (χ0n) is 16.1. The van der Waals surface area contributed by atoms with E-state index >= 15 is 0 Å². The third-order valence-electron chi connectivity index (χ3n) is 4.22. The second-order valence-electron chi connectivity index (χ2n) is 7.49. The van der Waals surface area contributed by atoms with Crippen molar-refractivity contribution in [1.82, 2.24) is 19.9 Å². The lowest BCUT2D eigenvalue weighted by Crippen LogP contribution is -2.40. The maximum Gasteiger partial charge on any atom is 0.259 e. The molecule has 7 heteroatoms. The summed E-state index contributed by atoms with van der Waals surface area (Å²) in [6, 6.07) is 7.04. The Labute approximate surface area is 157 Å². The number of aryl methyl sites for hydroxylation is 1. The zero-order chi connectivity index (χ0) is 19.8. The second kappa shape index (κ2) is 6.83. The molecule has 0 radical (unpaired) electrons. The molecule has 0 atom stereocenters. The van der Waals surface area contributed by atoms with E-state index in [0.29, 0.717) is 33.7 Å². The van der Waals surface area contributed by atoms with Crippen molar-refractivity contribution in [2.24, 2.45) is 0 Å². The van der Waals surface area contributed by atoms with Crippen LogP contribution >= 0.6 is 0 Å². The van der Waals surface area contributed by atoms with Crippen LogP contribution in [-0.2, 0) is 0 Å². The van der Waals surface area contributed by atoms with Gasteiger partial charge in [-0.15, -0.1) is 0 Å². The third kappa shape index (κ3) is 3.81. The SMILES string of the molecule is Cc1c(NC(=O)c2cnc3ccnn3c2C)cccc1C(=O)NC(C)(C)C. The van der Waals surface area contributed by atoms with Crippen LogP contribution in [0.25, 0.3) is 5.65 Å².